The summed E-state index contributed by atoms with van der Waals surface area (Å²) in [5.41, 5.74) is 0.842. The van der Waals surface area contributed by atoms with E-state index in [2.05, 4.69) is 9.80 Å². The first kappa shape index (κ1) is 20.2. The molecule has 0 aromatic heterocycles. The maximum absolute atomic E-state index is 13.4. The molecule has 0 spiro atoms. The van der Waals surface area contributed by atoms with E-state index in [0.717, 1.165) is 70.3 Å². The minimum Gasteiger partial charge on any atom is -0.379 e. The fourth-order valence-corrected chi connectivity index (χ4v) is 4.00. The van der Waals surface area contributed by atoms with E-state index < -0.39 is 0 Å². The molecule has 2 aliphatic rings. The Morgan fingerprint density at radius 2 is 1.93 bits per heavy atom. The zero-order valence-electron chi connectivity index (χ0n) is 16.4. The number of carbonyl (C=O) groups excluding carboxylic acids is 1. The lowest BCUT2D eigenvalue weighted by atomic mass is 9.96. The molecule has 0 saturated carbocycles. The van der Waals surface area contributed by atoms with E-state index >= 15 is 0 Å². The van der Waals surface area contributed by atoms with Crippen LogP contribution in [-0.2, 0) is 16.1 Å². The summed E-state index contributed by atoms with van der Waals surface area (Å²) in [5, 5.41) is 0. The van der Waals surface area contributed by atoms with Crippen LogP contribution in [-0.4, -0.2) is 79.6 Å². The van der Waals surface area contributed by atoms with Gasteiger partial charge < -0.3 is 9.64 Å². The first-order chi connectivity index (χ1) is 13.1. The van der Waals surface area contributed by atoms with Gasteiger partial charge in [0.2, 0.25) is 5.91 Å². The van der Waals surface area contributed by atoms with Crippen LogP contribution in [0.4, 0.5) is 4.39 Å². The lowest BCUT2D eigenvalue weighted by Gasteiger charge is -2.36. The quantitative estimate of drug-likeness (QED) is 0.730. The van der Waals surface area contributed by atoms with Gasteiger partial charge in [0.25, 0.3) is 0 Å². The Bertz CT molecular complexity index is 599. The minimum absolute atomic E-state index is 0.133. The van der Waals surface area contributed by atoms with Crippen LogP contribution in [0.5, 0.6) is 0 Å². The number of ether oxygens (including phenoxy) is 1. The second kappa shape index (κ2) is 10.2. The number of carbonyl (C=O) groups is 1. The Morgan fingerprint density at radius 3 is 2.59 bits per heavy atom. The molecule has 5 nitrogen and oxygen atoms in total. The molecule has 0 bridgehead atoms. The van der Waals surface area contributed by atoms with E-state index in [-0.39, 0.29) is 11.7 Å². The second-order valence-electron chi connectivity index (χ2n) is 7.67. The van der Waals surface area contributed by atoms with Crippen molar-refractivity contribution in [3.8, 4) is 0 Å². The molecule has 0 N–H and O–H groups in total. The highest BCUT2D eigenvalue weighted by Gasteiger charge is 2.24. The fourth-order valence-electron chi connectivity index (χ4n) is 4.00. The van der Waals surface area contributed by atoms with Crippen molar-refractivity contribution < 1.29 is 13.9 Å². The molecule has 0 atom stereocenters. The van der Waals surface area contributed by atoms with Crippen molar-refractivity contribution >= 4 is 5.91 Å². The average Bonchev–Trinajstić information content (AvgIpc) is 2.68. The van der Waals surface area contributed by atoms with Gasteiger partial charge in [0, 0.05) is 32.7 Å². The molecule has 0 unspecified atom stereocenters. The number of amides is 1. The highest BCUT2D eigenvalue weighted by atomic mass is 19.1. The smallest absolute Gasteiger partial charge is 0.237 e. The molecule has 2 heterocycles. The molecule has 2 fully saturated rings. The molecule has 2 saturated heterocycles. The first-order valence-electron chi connectivity index (χ1n) is 10.2. The van der Waals surface area contributed by atoms with E-state index in [0.29, 0.717) is 19.6 Å². The maximum atomic E-state index is 13.4. The number of rotatable bonds is 7. The number of hydrogen-bond acceptors (Lipinski definition) is 4. The number of likely N-dealkylation sites (tertiary alicyclic amines) is 1. The lowest BCUT2D eigenvalue weighted by molar-refractivity contribution is -0.133. The van der Waals surface area contributed by atoms with Crippen molar-refractivity contribution in [1.29, 1.82) is 0 Å². The monoisotopic (exact) mass is 377 g/mol. The van der Waals surface area contributed by atoms with E-state index in [9.17, 15) is 9.18 Å². The third-order valence-corrected chi connectivity index (χ3v) is 5.68. The fraction of sp³-hybridized carbons (Fsp3) is 0.667. The number of benzene rings is 1. The molecule has 0 aliphatic carbocycles. The molecule has 1 aromatic rings. The van der Waals surface area contributed by atoms with E-state index in [1.807, 2.05) is 17.9 Å². The zero-order valence-corrected chi connectivity index (χ0v) is 16.4. The predicted molar refractivity (Wildman–Crippen MR) is 104 cm³/mol. The van der Waals surface area contributed by atoms with Crippen LogP contribution in [0.25, 0.3) is 0 Å². The molecule has 6 heteroatoms. The van der Waals surface area contributed by atoms with Crippen LogP contribution in [0, 0.1) is 11.7 Å². The van der Waals surface area contributed by atoms with Gasteiger partial charge >= 0.3 is 0 Å². The predicted octanol–water partition coefficient (Wildman–Crippen LogP) is 2.22. The number of likely N-dealkylation sites (N-methyl/N-ethyl adjacent to an activating group) is 1. The van der Waals surface area contributed by atoms with Gasteiger partial charge in [-0.2, -0.15) is 0 Å². The molecule has 150 valence electrons. The van der Waals surface area contributed by atoms with Crippen LogP contribution >= 0.6 is 0 Å². The summed E-state index contributed by atoms with van der Waals surface area (Å²) in [6.07, 6.45) is 2.31. The van der Waals surface area contributed by atoms with Gasteiger partial charge in [-0.3, -0.25) is 14.6 Å². The molecule has 2 aliphatic heterocycles. The number of hydrogen-bond donors (Lipinski definition) is 0. The first-order valence-corrected chi connectivity index (χ1v) is 10.2. The van der Waals surface area contributed by atoms with Gasteiger partial charge in [-0.25, -0.2) is 4.39 Å². The standard InChI is InChI=1S/C21H32FN3O2/c1-2-25(16-19-4-3-5-20(22)14-19)21(26)17-23-8-6-18(7-9-23)15-24-10-12-27-13-11-24/h3-5,14,18H,2,6-13,15-17H2,1H3. The van der Waals surface area contributed by atoms with E-state index in [1.54, 1.807) is 6.07 Å². The van der Waals surface area contributed by atoms with Crippen molar-refractivity contribution in [3.05, 3.63) is 35.6 Å². The highest BCUT2D eigenvalue weighted by molar-refractivity contribution is 5.78. The van der Waals surface area contributed by atoms with Crippen LogP contribution in [0.1, 0.15) is 25.3 Å². The summed E-state index contributed by atoms with van der Waals surface area (Å²) in [7, 11) is 0. The Labute approximate surface area is 162 Å². The Kier molecular flexibility index (Phi) is 7.61. The van der Waals surface area contributed by atoms with E-state index in [1.165, 1.54) is 12.1 Å². The lowest BCUT2D eigenvalue weighted by Crippen LogP contribution is -2.45. The highest BCUT2D eigenvalue weighted by Crippen LogP contribution is 2.19. The molecule has 1 aromatic carbocycles. The van der Waals surface area contributed by atoms with Crippen molar-refractivity contribution in [3.63, 3.8) is 0 Å². The minimum atomic E-state index is -0.252. The van der Waals surface area contributed by atoms with Gasteiger partial charge in [-0.05, 0) is 56.5 Å². The van der Waals surface area contributed by atoms with Crippen LogP contribution in [0.2, 0.25) is 0 Å². The third kappa shape index (κ3) is 6.26. The van der Waals surface area contributed by atoms with Gasteiger partial charge in [0.1, 0.15) is 5.82 Å². The van der Waals surface area contributed by atoms with Crippen molar-refractivity contribution in [2.45, 2.75) is 26.3 Å². The van der Waals surface area contributed by atoms with E-state index in [4.69, 9.17) is 4.74 Å². The molecular weight excluding hydrogens is 345 g/mol. The number of piperidine rings is 1. The normalized spacial score (nSPS) is 19.9. The van der Waals surface area contributed by atoms with Gasteiger partial charge in [-0.15, -0.1) is 0 Å². The van der Waals surface area contributed by atoms with Crippen LogP contribution in [0.3, 0.4) is 0 Å². The zero-order chi connectivity index (χ0) is 19.1. The molecule has 0 radical (unpaired) electrons. The van der Waals surface area contributed by atoms with Gasteiger partial charge in [0.05, 0.1) is 19.8 Å². The van der Waals surface area contributed by atoms with Crippen molar-refractivity contribution in [2.24, 2.45) is 5.92 Å². The summed E-state index contributed by atoms with van der Waals surface area (Å²) in [6.45, 7) is 10.5. The van der Waals surface area contributed by atoms with Gasteiger partial charge in [-0.1, -0.05) is 12.1 Å². The Balaban J connectivity index is 1.42. The van der Waals surface area contributed by atoms with Crippen molar-refractivity contribution in [2.75, 3.05) is 59.0 Å². The number of halogens is 1. The Morgan fingerprint density at radius 1 is 1.19 bits per heavy atom. The SMILES string of the molecule is CCN(Cc1cccc(F)c1)C(=O)CN1CCC(CN2CCOCC2)CC1. The van der Waals surface area contributed by atoms with Gasteiger partial charge in [0.15, 0.2) is 0 Å². The average molecular weight is 378 g/mol. The summed E-state index contributed by atoms with van der Waals surface area (Å²) in [6, 6.07) is 6.51. The van der Waals surface area contributed by atoms with Crippen LogP contribution in [0.15, 0.2) is 24.3 Å². The summed E-state index contributed by atoms with van der Waals surface area (Å²) in [5.74, 6) is 0.607. The Hall–Kier alpha value is -1.50. The molecule has 3 rings (SSSR count). The topological polar surface area (TPSA) is 36.0 Å². The van der Waals surface area contributed by atoms with Crippen LogP contribution < -0.4 is 0 Å². The summed E-state index contributed by atoms with van der Waals surface area (Å²) in [4.78, 5) is 19.3. The maximum Gasteiger partial charge on any atom is 0.237 e. The summed E-state index contributed by atoms with van der Waals surface area (Å²) < 4.78 is 18.8. The summed E-state index contributed by atoms with van der Waals surface area (Å²) >= 11 is 0. The molecule has 27 heavy (non-hydrogen) atoms. The third-order valence-electron chi connectivity index (χ3n) is 5.68. The second-order valence-corrected chi connectivity index (χ2v) is 7.67. The largest absolute Gasteiger partial charge is 0.379 e. The number of morpholine rings is 1. The molecule has 1 amide bonds. The van der Waals surface area contributed by atoms with Crippen molar-refractivity contribution in [1.82, 2.24) is 14.7 Å². The molecular formula is C21H32FN3O2. The number of nitrogens with zero attached hydrogens (tertiary/aromatic N) is 3.